The van der Waals surface area contributed by atoms with Crippen LogP contribution in [0.25, 0.3) is 10.2 Å². The molecule has 1 aliphatic carbocycles. The van der Waals surface area contributed by atoms with Crippen molar-refractivity contribution >= 4 is 62.5 Å². The van der Waals surface area contributed by atoms with Crippen LogP contribution in [0.5, 0.6) is 0 Å². The standard InChI is InChI=1S/C25H27N3O4S2/c1-14-6-5-7-15(2)22(14)28-21(29)13-33-25-27-19-11-10-16(12-20(19)34-25)26-23(30)17-8-3-4-9-18(17)24(31)32/h5-7,10-12,17-18H,3-4,8-9,13H2,1-2H3,(H,26,30)(H,28,29)(H,31,32)/t17-,18-/m0/s1. The highest BCUT2D eigenvalue weighted by molar-refractivity contribution is 8.01. The van der Waals surface area contributed by atoms with Crippen LogP contribution < -0.4 is 10.6 Å². The minimum atomic E-state index is -0.902. The third-order valence-corrected chi connectivity index (χ3v) is 8.29. The van der Waals surface area contributed by atoms with Gasteiger partial charge in [0.15, 0.2) is 4.34 Å². The highest BCUT2D eigenvalue weighted by Gasteiger charge is 2.35. The molecule has 2 amide bonds. The lowest BCUT2D eigenvalue weighted by molar-refractivity contribution is -0.147. The Morgan fingerprint density at radius 3 is 2.47 bits per heavy atom. The summed E-state index contributed by atoms with van der Waals surface area (Å²) in [5, 5.41) is 15.3. The molecule has 1 aromatic heterocycles. The molecule has 0 saturated heterocycles. The van der Waals surface area contributed by atoms with E-state index in [1.165, 1.54) is 23.1 Å². The number of anilines is 2. The van der Waals surface area contributed by atoms with E-state index in [0.717, 1.165) is 44.2 Å². The lowest BCUT2D eigenvalue weighted by Crippen LogP contribution is -2.36. The van der Waals surface area contributed by atoms with Crippen LogP contribution in [-0.2, 0) is 14.4 Å². The molecular formula is C25H27N3O4S2. The second kappa shape index (κ2) is 10.6. The van der Waals surface area contributed by atoms with Crippen molar-refractivity contribution in [3.63, 3.8) is 0 Å². The number of nitrogens with zero attached hydrogens (tertiary/aromatic N) is 1. The minimum absolute atomic E-state index is 0.0879. The second-order valence-corrected chi connectivity index (χ2v) is 10.8. The van der Waals surface area contributed by atoms with Crippen LogP contribution in [0.15, 0.2) is 40.7 Å². The zero-order chi connectivity index (χ0) is 24.2. The number of amides is 2. The molecule has 1 saturated carbocycles. The van der Waals surface area contributed by atoms with Gasteiger partial charge in [-0.15, -0.1) is 11.3 Å². The summed E-state index contributed by atoms with van der Waals surface area (Å²) in [6.07, 6.45) is 2.85. The molecule has 3 aromatic rings. The van der Waals surface area contributed by atoms with Crippen molar-refractivity contribution in [1.82, 2.24) is 4.98 Å². The van der Waals surface area contributed by atoms with Gasteiger partial charge in [-0.3, -0.25) is 14.4 Å². The molecule has 178 valence electrons. The number of nitrogens with one attached hydrogen (secondary N) is 2. The molecule has 0 unspecified atom stereocenters. The molecule has 34 heavy (non-hydrogen) atoms. The van der Waals surface area contributed by atoms with Crippen LogP contribution in [0.4, 0.5) is 11.4 Å². The van der Waals surface area contributed by atoms with Crippen molar-refractivity contribution in [3.8, 4) is 0 Å². The fraction of sp³-hybridized carbons (Fsp3) is 0.360. The van der Waals surface area contributed by atoms with Gasteiger partial charge in [-0.1, -0.05) is 42.8 Å². The van der Waals surface area contributed by atoms with E-state index >= 15 is 0 Å². The van der Waals surface area contributed by atoms with E-state index in [-0.39, 0.29) is 17.6 Å². The average Bonchev–Trinajstić information content (AvgIpc) is 3.22. The molecule has 0 bridgehead atoms. The molecular weight excluding hydrogens is 470 g/mol. The number of fused-ring (bicyclic) bond motifs is 1. The number of aromatic nitrogens is 1. The summed E-state index contributed by atoms with van der Waals surface area (Å²) in [5.41, 5.74) is 4.31. The van der Waals surface area contributed by atoms with Gasteiger partial charge in [0.05, 0.1) is 27.8 Å². The van der Waals surface area contributed by atoms with Gasteiger partial charge in [-0.2, -0.15) is 0 Å². The first-order valence-corrected chi connectivity index (χ1v) is 13.0. The predicted molar refractivity (Wildman–Crippen MR) is 137 cm³/mol. The number of benzene rings is 2. The monoisotopic (exact) mass is 497 g/mol. The number of carboxylic acid groups (broad SMARTS) is 1. The van der Waals surface area contributed by atoms with Crippen LogP contribution >= 0.6 is 23.1 Å². The topological polar surface area (TPSA) is 108 Å². The Hall–Kier alpha value is -2.91. The largest absolute Gasteiger partial charge is 0.481 e. The van der Waals surface area contributed by atoms with E-state index in [1.807, 2.05) is 44.2 Å². The van der Waals surface area contributed by atoms with E-state index in [0.29, 0.717) is 18.5 Å². The van der Waals surface area contributed by atoms with Crippen molar-refractivity contribution in [1.29, 1.82) is 0 Å². The summed E-state index contributed by atoms with van der Waals surface area (Å²) < 4.78 is 1.67. The molecule has 0 spiro atoms. The molecule has 2 atom stereocenters. The van der Waals surface area contributed by atoms with Crippen molar-refractivity contribution in [2.45, 2.75) is 43.9 Å². The van der Waals surface area contributed by atoms with Gasteiger partial charge in [0, 0.05) is 11.4 Å². The maximum atomic E-state index is 12.8. The van der Waals surface area contributed by atoms with Gasteiger partial charge in [0.1, 0.15) is 0 Å². The predicted octanol–water partition coefficient (Wildman–Crippen LogP) is 5.47. The lowest BCUT2D eigenvalue weighted by atomic mass is 9.78. The second-order valence-electron chi connectivity index (χ2n) is 8.59. The highest BCUT2D eigenvalue weighted by atomic mass is 32.2. The number of para-hydroxylation sites is 1. The fourth-order valence-corrected chi connectivity index (χ4v) is 6.24. The number of carboxylic acids is 1. The number of carbonyl (C=O) groups is 3. The van der Waals surface area contributed by atoms with Crippen molar-refractivity contribution in [2.24, 2.45) is 11.8 Å². The summed E-state index contributed by atoms with van der Waals surface area (Å²) >= 11 is 2.83. The molecule has 9 heteroatoms. The Kier molecular flexibility index (Phi) is 7.53. The van der Waals surface area contributed by atoms with E-state index in [9.17, 15) is 19.5 Å². The maximum Gasteiger partial charge on any atom is 0.307 e. The number of aliphatic carboxylic acids is 1. The van der Waals surface area contributed by atoms with E-state index < -0.39 is 17.8 Å². The normalized spacial score (nSPS) is 17.9. The average molecular weight is 498 g/mol. The van der Waals surface area contributed by atoms with Gasteiger partial charge < -0.3 is 15.7 Å². The molecule has 7 nitrogen and oxygen atoms in total. The third-order valence-electron chi connectivity index (χ3n) is 6.13. The van der Waals surface area contributed by atoms with Gasteiger partial charge >= 0.3 is 5.97 Å². The third kappa shape index (κ3) is 5.59. The summed E-state index contributed by atoms with van der Waals surface area (Å²) in [6.45, 7) is 3.94. The lowest BCUT2D eigenvalue weighted by Gasteiger charge is -2.27. The summed E-state index contributed by atoms with van der Waals surface area (Å²) in [5.74, 6) is -2.12. The first-order chi connectivity index (χ1) is 16.3. The van der Waals surface area contributed by atoms with Gasteiger partial charge in [-0.25, -0.2) is 4.98 Å². The summed E-state index contributed by atoms with van der Waals surface area (Å²) in [7, 11) is 0. The number of hydrogen-bond acceptors (Lipinski definition) is 6. The molecule has 1 fully saturated rings. The molecule has 0 radical (unpaired) electrons. The fourth-order valence-electron chi connectivity index (χ4n) is 4.33. The molecule has 3 N–H and O–H groups in total. The van der Waals surface area contributed by atoms with E-state index in [1.54, 1.807) is 6.07 Å². The van der Waals surface area contributed by atoms with E-state index in [4.69, 9.17) is 0 Å². The van der Waals surface area contributed by atoms with Crippen molar-refractivity contribution in [2.75, 3.05) is 16.4 Å². The van der Waals surface area contributed by atoms with Crippen LogP contribution in [-0.4, -0.2) is 33.6 Å². The zero-order valence-electron chi connectivity index (χ0n) is 19.1. The van der Waals surface area contributed by atoms with Gasteiger partial charge in [0.25, 0.3) is 0 Å². The quantitative estimate of drug-likeness (QED) is 0.373. The molecule has 4 rings (SSSR count). The van der Waals surface area contributed by atoms with Gasteiger partial charge in [0.2, 0.25) is 11.8 Å². The summed E-state index contributed by atoms with van der Waals surface area (Å²) in [6, 6.07) is 11.4. The van der Waals surface area contributed by atoms with Gasteiger partial charge in [-0.05, 0) is 56.0 Å². The zero-order valence-corrected chi connectivity index (χ0v) is 20.7. The number of thiazole rings is 1. The Morgan fingerprint density at radius 1 is 1.06 bits per heavy atom. The number of rotatable bonds is 7. The van der Waals surface area contributed by atoms with Crippen LogP contribution in [0.1, 0.15) is 36.8 Å². The Bertz CT molecular complexity index is 1220. The maximum absolute atomic E-state index is 12.8. The van der Waals surface area contributed by atoms with Crippen molar-refractivity contribution < 1.29 is 19.5 Å². The SMILES string of the molecule is Cc1cccc(C)c1NC(=O)CSc1nc2ccc(NC(=O)[C@H]3CCCC[C@@H]3C(=O)O)cc2s1. The number of aryl methyl sites for hydroxylation is 2. The Morgan fingerprint density at radius 2 is 1.76 bits per heavy atom. The minimum Gasteiger partial charge on any atom is -0.481 e. The van der Waals surface area contributed by atoms with Crippen LogP contribution in [0.2, 0.25) is 0 Å². The van der Waals surface area contributed by atoms with E-state index in [2.05, 4.69) is 15.6 Å². The molecule has 1 aliphatic rings. The Labute approximate surface area is 206 Å². The van der Waals surface area contributed by atoms with Crippen LogP contribution in [0, 0.1) is 25.7 Å². The number of thioether (sulfide) groups is 1. The van der Waals surface area contributed by atoms with Crippen molar-refractivity contribution in [3.05, 3.63) is 47.5 Å². The number of hydrogen-bond donors (Lipinski definition) is 3. The molecule has 1 heterocycles. The Balaban J connectivity index is 1.38. The smallest absolute Gasteiger partial charge is 0.307 e. The first kappa shape index (κ1) is 24.2. The first-order valence-electron chi connectivity index (χ1n) is 11.2. The molecule has 0 aliphatic heterocycles. The molecule has 2 aromatic carbocycles. The summed E-state index contributed by atoms with van der Waals surface area (Å²) in [4.78, 5) is 41.3. The van der Waals surface area contributed by atoms with Crippen LogP contribution in [0.3, 0.4) is 0 Å². The number of carbonyl (C=O) groups excluding carboxylic acids is 2. The highest BCUT2D eigenvalue weighted by Crippen LogP contribution is 2.34.